The molecule has 2 N–H and O–H groups in total. The highest BCUT2D eigenvalue weighted by atomic mass is 19.1. The fourth-order valence-corrected chi connectivity index (χ4v) is 5.11. The molecule has 0 unspecified atom stereocenters. The van der Waals surface area contributed by atoms with Crippen LogP contribution in [0.1, 0.15) is 30.7 Å². The van der Waals surface area contributed by atoms with E-state index >= 15 is 4.39 Å². The van der Waals surface area contributed by atoms with Crippen LogP contribution >= 0.6 is 0 Å². The summed E-state index contributed by atoms with van der Waals surface area (Å²) < 4.78 is 21.4. The number of carbonyl (C=O) groups excluding carboxylic acids is 3. The number of fused-ring (bicyclic) bond motifs is 4. The molecule has 2 fully saturated rings. The van der Waals surface area contributed by atoms with Crippen LogP contribution in [0.3, 0.4) is 0 Å². The van der Waals surface area contributed by atoms with Gasteiger partial charge in [0.1, 0.15) is 11.5 Å². The van der Waals surface area contributed by atoms with Crippen molar-refractivity contribution in [3.8, 4) is 11.8 Å². The molecule has 168 valence electrons. The zero-order valence-corrected chi connectivity index (χ0v) is 17.9. The Labute approximate surface area is 188 Å². The van der Waals surface area contributed by atoms with E-state index in [0.717, 1.165) is 0 Å². The Balaban J connectivity index is 1.65. The molecule has 5 rings (SSSR count). The predicted molar refractivity (Wildman–Crippen MR) is 113 cm³/mol. The molecule has 0 saturated carbocycles. The normalized spacial score (nSPS) is 25.4. The molecule has 0 bridgehead atoms. The van der Waals surface area contributed by atoms with Crippen LogP contribution in [0.2, 0.25) is 0 Å². The summed E-state index contributed by atoms with van der Waals surface area (Å²) in [6.45, 7) is 3.87. The molecule has 1 spiro atoms. The molecule has 3 aliphatic rings. The summed E-state index contributed by atoms with van der Waals surface area (Å²) in [5, 5.41) is 4.43. The summed E-state index contributed by atoms with van der Waals surface area (Å²) in [6.07, 6.45) is 3.59. The molecule has 10 heteroatoms. The number of morpholine rings is 1. The molecular weight excluding hydrogens is 429 g/mol. The lowest BCUT2D eigenvalue weighted by Gasteiger charge is -2.55. The number of ether oxygens (including phenoxy) is 1. The average molecular weight is 449 g/mol. The number of hydrogen-bond acceptors (Lipinski definition) is 7. The van der Waals surface area contributed by atoms with Crippen LogP contribution in [-0.4, -0.2) is 52.6 Å². The maximum absolute atomic E-state index is 15.5. The summed E-state index contributed by atoms with van der Waals surface area (Å²) in [5.41, 5.74) is -0.102. The Morgan fingerprint density at radius 3 is 2.61 bits per heavy atom. The molecule has 0 radical (unpaired) electrons. The van der Waals surface area contributed by atoms with E-state index in [1.54, 1.807) is 17.9 Å². The van der Waals surface area contributed by atoms with Crippen LogP contribution in [0.25, 0.3) is 0 Å². The van der Waals surface area contributed by atoms with E-state index in [1.165, 1.54) is 24.7 Å². The van der Waals surface area contributed by atoms with Crippen LogP contribution < -0.4 is 15.5 Å². The van der Waals surface area contributed by atoms with E-state index in [1.807, 2.05) is 6.92 Å². The predicted octanol–water partition coefficient (Wildman–Crippen LogP) is 0.906. The maximum Gasteiger partial charge on any atom is 0.328 e. The van der Waals surface area contributed by atoms with Gasteiger partial charge in [-0.2, -0.15) is 0 Å². The fourth-order valence-electron chi connectivity index (χ4n) is 5.11. The van der Waals surface area contributed by atoms with Crippen molar-refractivity contribution >= 4 is 23.5 Å². The third-order valence-corrected chi connectivity index (χ3v) is 6.25. The molecule has 3 atom stereocenters. The number of benzene rings is 1. The first-order valence-electron chi connectivity index (χ1n) is 10.5. The molecule has 4 amide bonds. The summed E-state index contributed by atoms with van der Waals surface area (Å²) in [4.78, 5) is 47.8. The van der Waals surface area contributed by atoms with Gasteiger partial charge in [0.15, 0.2) is 5.41 Å². The largest absolute Gasteiger partial charge is 0.372 e. The van der Waals surface area contributed by atoms with Crippen LogP contribution in [0.15, 0.2) is 30.7 Å². The summed E-state index contributed by atoms with van der Waals surface area (Å²) in [6, 6.07) is 1.33. The van der Waals surface area contributed by atoms with Crippen molar-refractivity contribution in [3.05, 3.63) is 53.4 Å². The smallest absolute Gasteiger partial charge is 0.328 e. The first-order valence-corrected chi connectivity index (χ1v) is 10.5. The van der Waals surface area contributed by atoms with Crippen molar-refractivity contribution in [1.82, 2.24) is 20.6 Å². The molecule has 1 aromatic carbocycles. The van der Waals surface area contributed by atoms with Crippen LogP contribution in [0.4, 0.5) is 14.9 Å². The number of nitrogens with zero attached hydrogens (tertiary/aromatic N) is 3. The number of nitrogens with one attached hydrogen (secondary N) is 2. The van der Waals surface area contributed by atoms with E-state index in [9.17, 15) is 14.4 Å². The highest BCUT2D eigenvalue weighted by molar-refractivity contribution is 6.20. The number of amides is 4. The zero-order valence-electron chi connectivity index (χ0n) is 17.9. The van der Waals surface area contributed by atoms with Crippen molar-refractivity contribution in [2.75, 3.05) is 11.4 Å². The van der Waals surface area contributed by atoms with Crippen LogP contribution in [0.5, 0.6) is 0 Å². The fraction of sp³-hybridized carbons (Fsp3) is 0.348. The molecule has 33 heavy (non-hydrogen) atoms. The second kappa shape index (κ2) is 7.64. The van der Waals surface area contributed by atoms with Gasteiger partial charge in [-0.15, -0.1) is 0 Å². The first-order chi connectivity index (χ1) is 15.8. The van der Waals surface area contributed by atoms with Crippen molar-refractivity contribution in [2.45, 2.75) is 38.5 Å². The van der Waals surface area contributed by atoms with Gasteiger partial charge in [0.2, 0.25) is 11.8 Å². The third-order valence-electron chi connectivity index (χ3n) is 6.25. The van der Waals surface area contributed by atoms with Gasteiger partial charge in [-0.1, -0.05) is 5.92 Å². The second-order valence-electron chi connectivity index (χ2n) is 8.44. The Kier molecular flexibility index (Phi) is 4.87. The lowest BCUT2D eigenvalue weighted by Crippen LogP contribution is -2.75. The van der Waals surface area contributed by atoms with Gasteiger partial charge in [-0.3, -0.25) is 25.2 Å². The third kappa shape index (κ3) is 3.32. The van der Waals surface area contributed by atoms with Crippen molar-refractivity contribution < 1.29 is 23.5 Å². The van der Waals surface area contributed by atoms with Gasteiger partial charge >= 0.3 is 6.03 Å². The minimum Gasteiger partial charge on any atom is -0.372 e. The van der Waals surface area contributed by atoms with Gasteiger partial charge < -0.3 is 9.64 Å². The molecule has 3 aliphatic heterocycles. The molecule has 4 heterocycles. The van der Waals surface area contributed by atoms with Gasteiger partial charge in [-0.25, -0.2) is 14.2 Å². The van der Waals surface area contributed by atoms with Gasteiger partial charge in [0, 0.05) is 30.9 Å². The van der Waals surface area contributed by atoms with E-state index in [0.29, 0.717) is 22.5 Å². The van der Waals surface area contributed by atoms with Crippen LogP contribution in [0, 0.1) is 23.1 Å². The van der Waals surface area contributed by atoms with Crippen LogP contribution in [-0.2, 0) is 20.7 Å². The lowest BCUT2D eigenvalue weighted by molar-refractivity contribution is -0.153. The molecule has 1 aromatic heterocycles. The van der Waals surface area contributed by atoms with E-state index in [4.69, 9.17) is 4.74 Å². The number of carbonyl (C=O) groups is 3. The molecule has 0 aliphatic carbocycles. The minimum atomic E-state index is -1.66. The summed E-state index contributed by atoms with van der Waals surface area (Å²) in [7, 11) is 0. The number of halogens is 1. The van der Waals surface area contributed by atoms with Gasteiger partial charge in [0.25, 0.3) is 0 Å². The molecular formula is C23H20FN5O4. The Hall–Kier alpha value is -3.84. The standard InChI is InChI=1S/C23H20FN5O4/c1-12-11-29-18-15(7-14(8-17(18)24)3-4-16-10-25-5-6-26-16)9-23(19(29)13(2)33-12)20(30)27-22(32)28-21(23)31/h5-8,10,12-13,19H,9,11H2,1-2H3,(H2,27,28,30,31,32)/t12-,13+,19-/m1/s1. The summed E-state index contributed by atoms with van der Waals surface area (Å²) in [5.74, 6) is 3.75. The van der Waals surface area contributed by atoms with E-state index in [2.05, 4.69) is 32.4 Å². The maximum atomic E-state index is 15.5. The number of hydrogen-bond donors (Lipinski definition) is 2. The topological polar surface area (TPSA) is 114 Å². The Morgan fingerprint density at radius 2 is 1.91 bits per heavy atom. The zero-order chi connectivity index (χ0) is 23.3. The minimum absolute atomic E-state index is 0.103. The van der Waals surface area contributed by atoms with Gasteiger partial charge in [-0.05, 0) is 37.5 Å². The molecule has 2 saturated heterocycles. The lowest BCUT2D eigenvalue weighted by atomic mass is 9.66. The average Bonchev–Trinajstić information content (AvgIpc) is 2.76. The molecule has 2 aromatic rings. The number of barbiturate groups is 1. The number of rotatable bonds is 0. The van der Waals surface area contributed by atoms with Crippen molar-refractivity contribution in [3.63, 3.8) is 0 Å². The second-order valence-corrected chi connectivity index (χ2v) is 8.44. The first kappa shape index (κ1) is 21.0. The SMILES string of the molecule is C[C@@H]1CN2c3c(F)cc(C#Cc4cnccn4)cc3CC3(C(=O)NC(=O)NC3=O)[C@H]2[C@H](C)O1. The molecule has 9 nitrogen and oxygen atoms in total. The Morgan fingerprint density at radius 1 is 1.15 bits per heavy atom. The highest BCUT2D eigenvalue weighted by Gasteiger charge is 2.63. The van der Waals surface area contributed by atoms with E-state index < -0.39 is 41.2 Å². The number of aromatic nitrogens is 2. The summed E-state index contributed by atoms with van der Waals surface area (Å²) >= 11 is 0. The number of urea groups is 1. The van der Waals surface area contributed by atoms with Crippen molar-refractivity contribution in [2.24, 2.45) is 5.41 Å². The van der Waals surface area contributed by atoms with E-state index in [-0.39, 0.29) is 19.1 Å². The number of imide groups is 2. The quantitative estimate of drug-likeness (QED) is 0.454. The Bertz CT molecular complexity index is 1220. The number of anilines is 1. The van der Waals surface area contributed by atoms with Gasteiger partial charge in [0.05, 0.1) is 30.1 Å². The monoisotopic (exact) mass is 449 g/mol. The van der Waals surface area contributed by atoms with Crippen molar-refractivity contribution in [1.29, 1.82) is 0 Å². The highest BCUT2D eigenvalue weighted by Crippen LogP contribution is 2.47.